The number of hydrazine groups is 1. The third-order valence-electron chi connectivity index (χ3n) is 3.63. The Balaban J connectivity index is 1.83. The number of nitrogens with one attached hydrogen (secondary N) is 2. The molecule has 7 nitrogen and oxygen atoms in total. The Bertz CT molecular complexity index is 795. The summed E-state index contributed by atoms with van der Waals surface area (Å²) in [4.78, 5) is 24.0. The third kappa shape index (κ3) is 5.88. The zero-order valence-electron chi connectivity index (χ0n) is 15.2. The molecule has 0 radical (unpaired) electrons. The molecule has 144 valence electrons. The molecule has 27 heavy (non-hydrogen) atoms. The summed E-state index contributed by atoms with van der Waals surface area (Å²) in [5.74, 6) is 0.0528. The highest BCUT2D eigenvalue weighted by Gasteiger charge is 2.16. The highest BCUT2D eigenvalue weighted by molar-refractivity contribution is 5.85. The number of ether oxygens (including phenoxy) is 3. The standard InChI is InChI=1S/C19H21FN2O5/c1-12(27-15-7-5-14(20)6-8-15)19(24)22-21-18(23)11-13-4-9-16(25-2)17(10-13)26-3/h4-10,12H,11H2,1-3H3,(H,21,23)(H,22,24). The Labute approximate surface area is 156 Å². The summed E-state index contributed by atoms with van der Waals surface area (Å²) in [7, 11) is 3.03. The van der Waals surface area contributed by atoms with Crippen molar-refractivity contribution in [1.29, 1.82) is 0 Å². The van der Waals surface area contributed by atoms with Crippen LogP contribution >= 0.6 is 0 Å². The van der Waals surface area contributed by atoms with Gasteiger partial charge in [0.25, 0.3) is 5.91 Å². The van der Waals surface area contributed by atoms with Crippen LogP contribution in [0.5, 0.6) is 17.2 Å². The number of carbonyl (C=O) groups is 2. The van der Waals surface area contributed by atoms with Gasteiger partial charge < -0.3 is 14.2 Å². The van der Waals surface area contributed by atoms with E-state index in [1.54, 1.807) is 18.2 Å². The Morgan fingerprint density at radius 3 is 2.30 bits per heavy atom. The lowest BCUT2D eigenvalue weighted by molar-refractivity contribution is -0.132. The molecular weight excluding hydrogens is 355 g/mol. The monoisotopic (exact) mass is 376 g/mol. The van der Waals surface area contributed by atoms with Crippen LogP contribution in [0.1, 0.15) is 12.5 Å². The molecule has 1 unspecified atom stereocenters. The lowest BCUT2D eigenvalue weighted by atomic mass is 10.1. The van der Waals surface area contributed by atoms with Crippen molar-refractivity contribution in [3.8, 4) is 17.2 Å². The van der Waals surface area contributed by atoms with Gasteiger partial charge in [0.15, 0.2) is 17.6 Å². The molecule has 0 aromatic heterocycles. The molecule has 0 spiro atoms. The van der Waals surface area contributed by atoms with Crippen molar-refractivity contribution in [3.05, 3.63) is 53.8 Å². The molecule has 2 aromatic carbocycles. The molecular formula is C19H21FN2O5. The van der Waals surface area contributed by atoms with E-state index in [9.17, 15) is 14.0 Å². The first-order valence-electron chi connectivity index (χ1n) is 8.14. The number of hydrogen-bond acceptors (Lipinski definition) is 5. The summed E-state index contributed by atoms with van der Waals surface area (Å²) >= 11 is 0. The molecule has 0 heterocycles. The molecule has 8 heteroatoms. The Kier molecular flexibility index (Phi) is 6.99. The SMILES string of the molecule is COc1ccc(CC(=O)NNC(=O)C(C)Oc2ccc(F)cc2)cc1OC. The number of benzene rings is 2. The second kappa shape index (κ2) is 9.42. The fourth-order valence-electron chi connectivity index (χ4n) is 2.22. The summed E-state index contributed by atoms with van der Waals surface area (Å²) in [6.45, 7) is 1.51. The van der Waals surface area contributed by atoms with Crippen molar-refractivity contribution in [1.82, 2.24) is 10.9 Å². The number of halogens is 1. The maximum absolute atomic E-state index is 12.9. The van der Waals surface area contributed by atoms with E-state index in [-0.39, 0.29) is 6.42 Å². The lowest BCUT2D eigenvalue weighted by Gasteiger charge is -2.15. The van der Waals surface area contributed by atoms with Gasteiger partial charge in [-0.25, -0.2) is 4.39 Å². The van der Waals surface area contributed by atoms with E-state index < -0.39 is 23.7 Å². The van der Waals surface area contributed by atoms with Gasteiger partial charge in [-0.3, -0.25) is 20.4 Å². The summed E-state index contributed by atoms with van der Waals surface area (Å²) < 4.78 is 28.6. The van der Waals surface area contributed by atoms with Crippen LogP contribution in [-0.4, -0.2) is 32.1 Å². The van der Waals surface area contributed by atoms with Crippen molar-refractivity contribution in [2.45, 2.75) is 19.4 Å². The van der Waals surface area contributed by atoms with Crippen LogP contribution < -0.4 is 25.1 Å². The van der Waals surface area contributed by atoms with Gasteiger partial charge in [0.1, 0.15) is 11.6 Å². The van der Waals surface area contributed by atoms with E-state index in [0.717, 1.165) is 0 Å². The second-order valence-corrected chi connectivity index (χ2v) is 5.62. The maximum Gasteiger partial charge on any atom is 0.279 e. The lowest BCUT2D eigenvalue weighted by Crippen LogP contribution is -2.47. The molecule has 0 aliphatic rings. The van der Waals surface area contributed by atoms with E-state index in [1.807, 2.05) is 0 Å². The minimum absolute atomic E-state index is 0.0356. The number of rotatable bonds is 7. The molecule has 2 amide bonds. The molecule has 0 aliphatic carbocycles. The predicted molar refractivity (Wildman–Crippen MR) is 96.0 cm³/mol. The van der Waals surface area contributed by atoms with E-state index in [4.69, 9.17) is 14.2 Å². The highest BCUT2D eigenvalue weighted by atomic mass is 19.1. The van der Waals surface area contributed by atoms with E-state index in [2.05, 4.69) is 10.9 Å². The summed E-state index contributed by atoms with van der Waals surface area (Å²) in [5.41, 5.74) is 5.30. The molecule has 0 saturated heterocycles. The quantitative estimate of drug-likeness (QED) is 0.722. The van der Waals surface area contributed by atoms with E-state index >= 15 is 0 Å². The normalized spacial score (nSPS) is 11.3. The number of methoxy groups -OCH3 is 2. The first kappa shape index (κ1) is 20.0. The van der Waals surface area contributed by atoms with Crippen LogP contribution in [-0.2, 0) is 16.0 Å². The largest absolute Gasteiger partial charge is 0.493 e. The molecule has 0 aliphatic heterocycles. The predicted octanol–water partition coefficient (Wildman–Crippen LogP) is 2.00. The number of hydrogen-bond donors (Lipinski definition) is 2. The second-order valence-electron chi connectivity index (χ2n) is 5.62. The fourth-order valence-corrected chi connectivity index (χ4v) is 2.22. The van der Waals surface area contributed by atoms with Crippen LogP contribution in [0.3, 0.4) is 0 Å². The van der Waals surface area contributed by atoms with E-state index in [0.29, 0.717) is 22.8 Å². The average Bonchev–Trinajstić information content (AvgIpc) is 2.67. The van der Waals surface area contributed by atoms with Gasteiger partial charge >= 0.3 is 0 Å². The zero-order chi connectivity index (χ0) is 19.8. The van der Waals surface area contributed by atoms with Crippen LogP contribution in [0.25, 0.3) is 0 Å². The van der Waals surface area contributed by atoms with Crippen LogP contribution in [0.15, 0.2) is 42.5 Å². The molecule has 1 atom stereocenters. The van der Waals surface area contributed by atoms with Crippen LogP contribution in [0.4, 0.5) is 4.39 Å². The molecule has 0 fully saturated rings. The van der Waals surface area contributed by atoms with Crippen molar-refractivity contribution in [3.63, 3.8) is 0 Å². The topological polar surface area (TPSA) is 85.9 Å². The smallest absolute Gasteiger partial charge is 0.279 e. The minimum atomic E-state index is -0.878. The Morgan fingerprint density at radius 2 is 1.67 bits per heavy atom. The highest BCUT2D eigenvalue weighted by Crippen LogP contribution is 2.27. The first-order chi connectivity index (χ1) is 12.9. The molecule has 2 aromatic rings. The molecule has 0 bridgehead atoms. The van der Waals surface area contributed by atoms with Crippen molar-refractivity contribution in [2.75, 3.05) is 14.2 Å². The van der Waals surface area contributed by atoms with Gasteiger partial charge in [-0.2, -0.15) is 0 Å². The third-order valence-corrected chi connectivity index (χ3v) is 3.63. The zero-order valence-corrected chi connectivity index (χ0v) is 15.2. The summed E-state index contributed by atoms with van der Waals surface area (Å²) in [6.07, 6.45) is -0.842. The van der Waals surface area contributed by atoms with Crippen LogP contribution in [0.2, 0.25) is 0 Å². The molecule has 2 rings (SSSR count). The number of carbonyl (C=O) groups excluding carboxylic acids is 2. The molecule has 0 saturated carbocycles. The van der Waals surface area contributed by atoms with Crippen molar-refractivity contribution in [2.24, 2.45) is 0 Å². The van der Waals surface area contributed by atoms with E-state index in [1.165, 1.54) is 45.4 Å². The van der Waals surface area contributed by atoms with Gasteiger partial charge in [0.05, 0.1) is 20.6 Å². The minimum Gasteiger partial charge on any atom is -0.493 e. The number of amides is 2. The average molecular weight is 376 g/mol. The van der Waals surface area contributed by atoms with Crippen molar-refractivity contribution < 1.29 is 28.2 Å². The Morgan fingerprint density at radius 1 is 1.00 bits per heavy atom. The van der Waals surface area contributed by atoms with Crippen molar-refractivity contribution >= 4 is 11.8 Å². The summed E-state index contributed by atoms with van der Waals surface area (Å²) in [6, 6.07) is 10.4. The maximum atomic E-state index is 12.9. The Hall–Kier alpha value is -3.29. The summed E-state index contributed by atoms with van der Waals surface area (Å²) in [5, 5.41) is 0. The van der Waals surface area contributed by atoms with Gasteiger partial charge in [0.2, 0.25) is 5.91 Å². The van der Waals surface area contributed by atoms with Gasteiger partial charge in [-0.15, -0.1) is 0 Å². The first-order valence-corrected chi connectivity index (χ1v) is 8.14. The fraction of sp³-hybridized carbons (Fsp3) is 0.263. The van der Waals surface area contributed by atoms with Gasteiger partial charge in [-0.05, 0) is 48.9 Å². The van der Waals surface area contributed by atoms with Gasteiger partial charge in [0, 0.05) is 0 Å². The van der Waals surface area contributed by atoms with Gasteiger partial charge in [-0.1, -0.05) is 6.07 Å². The molecule has 2 N–H and O–H groups in total. The van der Waals surface area contributed by atoms with Crippen LogP contribution in [0, 0.1) is 5.82 Å².